The number of anilines is 1. The van der Waals surface area contributed by atoms with E-state index in [1.165, 1.54) is 0 Å². The summed E-state index contributed by atoms with van der Waals surface area (Å²) >= 11 is 1.58. The number of benzene rings is 1. The predicted molar refractivity (Wildman–Crippen MR) is 121 cm³/mol. The molecule has 0 saturated carbocycles. The van der Waals surface area contributed by atoms with Gasteiger partial charge >= 0.3 is 0 Å². The number of imidazole rings is 1. The van der Waals surface area contributed by atoms with Crippen LogP contribution in [0, 0.1) is 0 Å². The van der Waals surface area contributed by atoms with E-state index in [0.29, 0.717) is 25.1 Å². The molecule has 0 saturated heterocycles. The number of nitrogens with zero attached hydrogens (tertiary/aromatic N) is 3. The largest absolute Gasteiger partial charge is 0.486 e. The maximum atomic E-state index is 6.11. The number of aromatic nitrogens is 3. The SMILES string of the molecule is C=Cc1cc2c(cc1Sc1nc3c(N)nccc3n1CCCNC(C)C)OCCO2. The van der Waals surface area contributed by atoms with Gasteiger partial charge in [0.05, 0.1) is 5.52 Å². The molecule has 0 aliphatic carbocycles. The summed E-state index contributed by atoms with van der Waals surface area (Å²) in [5, 5.41) is 4.34. The number of aryl methyl sites for hydroxylation is 1. The Morgan fingerprint density at radius 1 is 1.30 bits per heavy atom. The van der Waals surface area contributed by atoms with Crippen LogP contribution in [0.4, 0.5) is 5.82 Å². The summed E-state index contributed by atoms with van der Waals surface area (Å²) in [6, 6.07) is 6.41. The van der Waals surface area contributed by atoms with Crippen molar-refractivity contribution >= 4 is 34.7 Å². The molecule has 0 fully saturated rings. The lowest BCUT2D eigenvalue weighted by molar-refractivity contribution is 0.171. The van der Waals surface area contributed by atoms with Gasteiger partial charge in [-0.3, -0.25) is 0 Å². The highest BCUT2D eigenvalue weighted by Gasteiger charge is 2.19. The minimum absolute atomic E-state index is 0.444. The molecule has 0 spiro atoms. The highest BCUT2D eigenvalue weighted by Crippen LogP contribution is 2.41. The van der Waals surface area contributed by atoms with Gasteiger partial charge in [0.1, 0.15) is 18.7 Å². The van der Waals surface area contributed by atoms with Gasteiger partial charge in [0.2, 0.25) is 0 Å². The van der Waals surface area contributed by atoms with Crippen LogP contribution in [0.15, 0.2) is 41.0 Å². The molecule has 158 valence electrons. The zero-order chi connectivity index (χ0) is 21.1. The van der Waals surface area contributed by atoms with Crippen molar-refractivity contribution in [1.82, 2.24) is 19.9 Å². The smallest absolute Gasteiger partial charge is 0.174 e. The van der Waals surface area contributed by atoms with Crippen molar-refractivity contribution in [3.63, 3.8) is 0 Å². The van der Waals surface area contributed by atoms with Gasteiger partial charge in [-0.05, 0) is 36.7 Å². The van der Waals surface area contributed by atoms with E-state index in [2.05, 4.69) is 35.3 Å². The summed E-state index contributed by atoms with van der Waals surface area (Å²) in [6.07, 6.45) is 4.54. The maximum absolute atomic E-state index is 6.11. The van der Waals surface area contributed by atoms with Gasteiger partial charge < -0.3 is 25.1 Å². The van der Waals surface area contributed by atoms with Crippen molar-refractivity contribution in [1.29, 1.82) is 0 Å². The average Bonchev–Trinajstić information content (AvgIpc) is 3.09. The van der Waals surface area contributed by atoms with Gasteiger partial charge in [0.25, 0.3) is 0 Å². The number of pyridine rings is 1. The van der Waals surface area contributed by atoms with Gasteiger partial charge in [-0.2, -0.15) is 0 Å². The molecular weight excluding hydrogens is 398 g/mol. The zero-order valence-electron chi connectivity index (χ0n) is 17.4. The van der Waals surface area contributed by atoms with E-state index in [4.69, 9.17) is 20.2 Å². The molecule has 3 aromatic rings. The number of hydrogen-bond acceptors (Lipinski definition) is 7. The number of nitrogens with one attached hydrogen (secondary N) is 1. The first kappa shape index (κ1) is 20.6. The van der Waals surface area contributed by atoms with Gasteiger partial charge in [-0.1, -0.05) is 38.3 Å². The second-order valence-electron chi connectivity index (χ2n) is 7.41. The lowest BCUT2D eigenvalue weighted by Gasteiger charge is -2.20. The molecule has 1 aromatic carbocycles. The summed E-state index contributed by atoms with van der Waals surface area (Å²) in [4.78, 5) is 10.0. The number of hydrogen-bond donors (Lipinski definition) is 2. The van der Waals surface area contributed by atoms with Crippen LogP contribution >= 0.6 is 11.8 Å². The standard InChI is InChI=1S/C22H27N5O2S/c1-4-15-12-17-18(29-11-10-28-17)13-19(15)30-22-26-20-16(6-8-25-21(20)23)27(22)9-5-7-24-14(2)3/h4,6,8,12-14,24H,1,5,7,9-11H2,2-3H3,(H2,23,25). The summed E-state index contributed by atoms with van der Waals surface area (Å²) in [7, 11) is 0. The molecule has 7 nitrogen and oxygen atoms in total. The van der Waals surface area contributed by atoms with E-state index >= 15 is 0 Å². The van der Waals surface area contributed by atoms with Crippen LogP contribution in [0.5, 0.6) is 11.5 Å². The molecule has 0 amide bonds. The third kappa shape index (κ3) is 4.24. The second-order valence-corrected chi connectivity index (χ2v) is 8.42. The summed E-state index contributed by atoms with van der Waals surface area (Å²) in [5.74, 6) is 1.95. The molecule has 0 radical (unpaired) electrons. The summed E-state index contributed by atoms with van der Waals surface area (Å²) < 4.78 is 13.7. The van der Waals surface area contributed by atoms with Crippen molar-refractivity contribution in [3.8, 4) is 11.5 Å². The van der Waals surface area contributed by atoms with Crippen LogP contribution in [-0.2, 0) is 6.54 Å². The fourth-order valence-corrected chi connectivity index (χ4v) is 4.46. The molecule has 30 heavy (non-hydrogen) atoms. The van der Waals surface area contributed by atoms with Crippen molar-refractivity contribution in [3.05, 3.63) is 36.5 Å². The van der Waals surface area contributed by atoms with Crippen molar-refractivity contribution < 1.29 is 9.47 Å². The van der Waals surface area contributed by atoms with Crippen molar-refractivity contribution in [2.24, 2.45) is 0 Å². The molecule has 3 heterocycles. The highest BCUT2D eigenvalue weighted by atomic mass is 32.2. The first-order valence-corrected chi connectivity index (χ1v) is 11.0. The van der Waals surface area contributed by atoms with E-state index < -0.39 is 0 Å². The van der Waals surface area contributed by atoms with Gasteiger partial charge in [-0.15, -0.1) is 0 Å². The van der Waals surface area contributed by atoms with Gasteiger partial charge in [0.15, 0.2) is 22.5 Å². The van der Waals surface area contributed by atoms with Crippen LogP contribution in [0.3, 0.4) is 0 Å². The molecule has 0 bridgehead atoms. The van der Waals surface area contributed by atoms with Crippen LogP contribution in [0.25, 0.3) is 17.1 Å². The number of fused-ring (bicyclic) bond motifs is 2. The lowest BCUT2D eigenvalue weighted by Crippen LogP contribution is -2.24. The topological polar surface area (TPSA) is 87.2 Å². The van der Waals surface area contributed by atoms with Crippen molar-refractivity contribution in [2.45, 2.75) is 42.9 Å². The second kappa shape index (κ2) is 8.97. The van der Waals surface area contributed by atoms with Crippen molar-refractivity contribution in [2.75, 3.05) is 25.5 Å². The molecule has 2 aromatic heterocycles. The molecule has 4 rings (SSSR count). The molecule has 0 unspecified atom stereocenters. The average molecular weight is 426 g/mol. The van der Waals surface area contributed by atoms with Crippen LogP contribution in [0.1, 0.15) is 25.8 Å². The summed E-state index contributed by atoms with van der Waals surface area (Å²) in [6.45, 7) is 11.1. The molecule has 8 heteroatoms. The highest BCUT2D eigenvalue weighted by molar-refractivity contribution is 7.99. The Kier molecular flexibility index (Phi) is 6.15. The van der Waals surface area contributed by atoms with Gasteiger partial charge in [-0.25, -0.2) is 9.97 Å². The minimum atomic E-state index is 0.444. The molecule has 1 aliphatic rings. The van der Waals surface area contributed by atoms with E-state index in [-0.39, 0.29) is 0 Å². The first-order chi connectivity index (χ1) is 14.6. The Bertz CT molecular complexity index is 1060. The first-order valence-electron chi connectivity index (χ1n) is 10.1. The monoisotopic (exact) mass is 425 g/mol. The van der Waals surface area contributed by atoms with E-state index in [1.807, 2.05) is 24.3 Å². The predicted octanol–water partition coefficient (Wildman–Crippen LogP) is 3.97. The normalized spacial score (nSPS) is 13.2. The Balaban J connectivity index is 1.69. The maximum Gasteiger partial charge on any atom is 0.174 e. The molecule has 0 atom stereocenters. The number of nitrogens with two attached hydrogens (primary N) is 1. The lowest BCUT2D eigenvalue weighted by atomic mass is 10.2. The van der Waals surface area contributed by atoms with E-state index in [1.54, 1.807) is 18.0 Å². The number of rotatable bonds is 8. The Labute approximate surface area is 180 Å². The fourth-order valence-electron chi connectivity index (χ4n) is 3.40. The zero-order valence-corrected chi connectivity index (χ0v) is 18.2. The Hall–Kier alpha value is -2.71. The number of nitrogen functional groups attached to an aromatic ring is 1. The minimum Gasteiger partial charge on any atom is -0.486 e. The third-order valence-corrected chi connectivity index (χ3v) is 5.93. The quantitative estimate of drug-likeness (QED) is 0.528. The molecule has 3 N–H and O–H groups in total. The van der Waals surface area contributed by atoms with E-state index in [0.717, 1.165) is 57.7 Å². The van der Waals surface area contributed by atoms with Gasteiger partial charge in [0, 0.05) is 23.7 Å². The molecule has 1 aliphatic heterocycles. The Morgan fingerprint density at radius 3 is 2.80 bits per heavy atom. The van der Waals surface area contributed by atoms with Crippen LogP contribution in [0.2, 0.25) is 0 Å². The number of ether oxygens (including phenoxy) is 2. The van der Waals surface area contributed by atoms with E-state index in [9.17, 15) is 0 Å². The Morgan fingerprint density at radius 2 is 2.07 bits per heavy atom. The van der Waals surface area contributed by atoms with Crippen LogP contribution in [-0.4, -0.2) is 40.3 Å². The third-order valence-electron chi connectivity index (χ3n) is 4.87. The molecular formula is C22H27N5O2S. The van der Waals surface area contributed by atoms with Crippen LogP contribution < -0.4 is 20.5 Å². The fraction of sp³-hybridized carbons (Fsp3) is 0.364. The summed E-state index contributed by atoms with van der Waals surface area (Å²) in [5.41, 5.74) is 8.82.